The van der Waals surface area contributed by atoms with Gasteiger partial charge >= 0.3 is 12.0 Å². The Labute approximate surface area is 110 Å². The van der Waals surface area contributed by atoms with Crippen LogP contribution in [0.3, 0.4) is 0 Å². The molecule has 19 heavy (non-hydrogen) atoms. The molecular formula is C12H14N4O3. The summed E-state index contributed by atoms with van der Waals surface area (Å²) in [4.78, 5) is 27.7. The first-order valence-electron chi connectivity index (χ1n) is 5.55. The Hall–Kier alpha value is -2.62. The number of pyridine rings is 1. The van der Waals surface area contributed by atoms with Gasteiger partial charge in [0.25, 0.3) is 0 Å². The lowest BCUT2D eigenvalue weighted by Gasteiger charge is -2.19. The fourth-order valence-electron chi connectivity index (χ4n) is 1.42. The molecule has 1 unspecified atom stereocenters. The minimum atomic E-state index is -1.22. The average Bonchev–Trinajstić information content (AvgIpc) is 2.38. The number of aromatic carboxylic acids is 1. The third-order valence-electron chi connectivity index (χ3n) is 2.37. The molecule has 0 saturated carbocycles. The number of nitrogens with one attached hydrogen (secondary N) is 1. The van der Waals surface area contributed by atoms with Crippen LogP contribution in [0.15, 0.2) is 18.3 Å². The van der Waals surface area contributed by atoms with Crippen molar-refractivity contribution in [1.82, 2.24) is 9.88 Å². The van der Waals surface area contributed by atoms with Crippen LogP contribution in [0.2, 0.25) is 0 Å². The highest BCUT2D eigenvalue weighted by atomic mass is 16.4. The fraction of sp³-hybridized carbons (Fsp3) is 0.333. The van der Waals surface area contributed by atoms with E-state index in [9.17, 15) is 9.59 Å². The molecule has 2 N–H and O–H groups in total. The Bertz CT molecular complexity index is 524. The summed E-state index contributed by atoms with van der Waals surface area (Å²) in [6.07, 6.45) is 1.33. The van der Waals surface area contributed by atoms with E-state index in [2.05, 4.69) is 10.3 Å². The van der Waals surface area contributed by atoms with Crippen LogP contribution in [-0.2, 0) is 0 Å². The standard InChI is InChI=1S/C12H14N4O3/c1-8(6-13)7-16(2)12(19)15-9-4-3-5-14-10(9)11(17)18/h3-5,8H,7H2,1-2H3,(H,15,19)(H,17,18). The van der Waals surface area contributed by atoms with E-state index in [1.165, 1.54) is 30.3 Å². The Kier molecular flexibility index (Phi) is 4.83. The molecule has 1 atom stereocenters. The summed E-state index contributed by atoms with van der Waals surface area (Å²) in [5.74, 6) is -1.52. The lowest BCUT2D eigenvalue weighted by atomic mass is 10.2. The van der Waals surface area contributed by atoms with E-state index >= 15 is 0 Å². The number of anilines is 1. The van der Waals surface area contributed by atoms with E-state index < -0.39 is 12.0 Å². The summed E-state index contributed by atoms with van der Waals surface area (Å²) in [6, 6.07) is 4.51. The molecule has 2 amide bonds. The second-order valence-electron chi connectivity index (χ2n) is 4.05. The van der Waals surface area contributed by atoms with Crippen molar-refractivity contribution in [2.75, 3.05) is 18.9 Å². The summed E-state index contributed by atoms with van der Waals surface area (Å²) in [5, 5.41) is 20.1. The van der Waals surface area contributed by atoms with Gasteiger partial charge in [-0.15, -0.1) is 0 Å². The van der Waals surface area contributed by atoms with Crippen molar-refractivity contribution in [2.24, 2.45) is 5.92 Å². The van der Waals surface area contributed by atoms with Gasteiger partial charge in [0.1, 0.15) is 0 Å². The molecule has 1 rings (SSSR count). The van der Waals surface area contributed by atoms with Gasteiger partial charge in [0.2, 0.25) is 0 Å². The maximum atomic E-state index is 11.8. The highest BCUT2D eigenvalue weighted by Gasteiger charge is 2.16. The lowest BCUT2D eigenvalue weighted by molar-refractivity contribution is 0.0691. The van der Waals surface area contributed by atoms with Crippen molar-refractivity contribution in [2.45, 2.75) is 6.92 Å². The van der Waals surface area contributed by atoms with Gasteiger partial charge in [-0.3, -0.25) is 0 Å². The number of aromatic nitrogens is 1. The molecule has 1 aromatic rings. The molecule has 0 aliphatic carbocycles. The van der Waals surface area contributed by atoms with Crippen LogP contribution in [0.4, 0.5) is 10.5 Å². The second kappa shape index (κ2) is 6.35. The molecule has 7 nitrogen and oxygen atoms in total. The van der Waals surface area contributed by atoms with Crippen LogP contribution >= 0.6 is 0 Å². The van der Waals surface area contributed by atoms with Crippen LogP contribution in [-0.4, -0.2) is 40.6 Å². The molecular weight excluding hydrogens is 248 g/mol. The van der Waals surface area contributed by atoms with Gasteiger partial charge in [-0.1, -0.05) is 0 Å². The van der Waals surface area contributed by atoms with Crippen molar-refractivity contribution in [3.05, 3.63) is 24.0 Å². The van der Waals surface area contributed by atoms with Gasteiger partial charge in [-0.2, -0.15) is 5.26 Å². The third kappa shape index (κ3) is 3.96. The number of nitriles is 1. The minimum Gasteiger partial charge on any atom is -0.476 e. The van der Waals surface area contributed by atoms with Crippen LogP contribution < -0.4 is 5.32 Å². The van der Waals surface area contributed by atoms with Crippen molar-refractivity contribution >= 4 is 17.7 Å². The van der Waals surface area contributed by atoms with E-state index in [-0.39, 0.29) is 23.8 Å². The number of carboxylic acids is 1. The van der Waals surface area contributed by atoms with E-state index in [4.69, 9.17) is 10.4 Å². The van der Waals surface area contributed by atoms with Gasteiger partial charge in [-0.05, 0) is 19.1 Å². The molecule has 0 fully saturated rings. The van der Waals surface area contributed by atoms with E-state index in [0.717, 1.165) is 0 Å². The predicted octanol–water partition coefficient (Wildman–Crippen LogP) is 1.40. The van der Waals surface area contributed by atoms with E-state index in [1.807, 2.05) is 6.07 Å². The topological polar surface area (TPSA) is 106 Å². The smallest absolute Gasteiger partial charge is 0.356 e. The van der Waals surface area contributed by atoms with Crippen molar-refractivity contribution in [3.8, 4) is 6.07 Å². The Morgan fingerprint density at radius 3 is 2.89 bits per heavy atom. The third-order valence-corrected chi connectivity index (χ3v) is 2.37. The Balaban J connectivity index is 2.78. The number of hydrogen-bond acceptors (Lipinski definition) is 4. The number of amides is 2. The summed E-state index contributed by atoms with van der Waals surface area (Å²) < 4.78 is 0. The summed E-state index contributed by atoms with van der Waals surface area (Å²) >= 11 is 0. The summed E-state index contributed by atoms with van der Waals surface area (Å²) in [7, 11) is 1.53. The van der Waals surface area contributed by atoms with Crippen molar-refractivity contribution < 1.29 is 14.7 Å². The predicted molar refractivity (Wildman–Crippen MR) is 67.6 cm³/mol. The number of carbonyl (C=O) groups is 2. The van der Waals surface area contributed by atoms with Crippen molar-refractivity contribution in [1.29, 1.82) is 5.26 Å². The Morgan fingerprint density at radius 2 is 2.32 bits per heavy atom. The first-order chi connectivity index (χ1) is 8.95. The van der Waals surface area contributed by atoms with Crippen LogP contribution in [0, 0.1) is 17.2 Å². The molecule has 0 aliphatic heterocycles. The fourth-order valence-corrected chi connectivity index (χ4v) is 1.42. The molecule has 7 heteroatoms. The Morgan fingerprint density at radius 1 is 1.63 bits per heavy atom. The van der Waals surface area contributed by atoms with Crippen molar-refractivity contribution in [3.63, 3.8) is 0 Å². The average molecular weight is 262 g/mol. The van der Waals surface area contributed by atoms with E-state index in [1.54, 1.807) is 6.92 Å². The molecule has 100 valence electrons. The number of rotatable bonds is 4. The summed E-state index contributed by atoms with van der Waals surface area (Å²) in [6.45, 7) is 1.95. The quantitative estimate of drug-likeness (QED) is 0.853. The van der Waals surface area contributed by atoms with Gasteiger partial charge in [0.15, 0.2) is 5.69 Å². The van der Waals surface area contributed by atoms with Gasteiger partial charge in [-0.25, -0.2) is 14.6 Å². The second-order valence-corrected chi connectivity index (χ2v) is 4.05. The molecule has 1 heterocycles. The number of hydrogen-bond donors (Lipinski definition) is 2. The largest absolute Gasteiger partial charge is 0.476 e. The molecule has 0 saturated heterocycles. The summed E-state index contributed by atoms with van der Waals surface area (Å²) in [5.41, 5.74) is -0.103. The van der Waals surface area contributed by atoms with Gasteiger partial charge in [0, 0.05) is 19.8 Å². The van der Waals surface area contributed by atoms with Crippen LogP contribution in [0.5, 0.6) is 0 Å². The van der Waals surface area contributed by atoms with E-state index in [0.29, 0.717) is 0 Å². The molecule has 0 aromatic carbocycles. The first-order valence-corrected chi connectivity index (χ1v) is 5.55. The molecule has 0 radical (unpaired) electrons. The molecule has 0 aliphatic rings. The monoisotopic (exact) mass is 262 g/mol. The normalized spacial score (nSPS) is 11.2. The lowest BCUT2D eigenvalue weighted by Crippen LogP contribution is -2.34. The zero-order chi connectivity index (χ0) is 14.4. The van der Waals surface area contributed by atoms with Crippen LogP contribution in [0.1, 0.15) is 17.4 Å². The zero-order valence-corrected chi connectivity index (χ0v) is 10.6. The number of urea groups is 1. The van der Waals surface area contributed by atoms with Gasteiger partial charge < -0.3 is 15.3 Å². The maximum Gasteiger partial charge on any atom is 0.356 e. The number of carbonyl (C=O) groups excluding carboxylic acids is 1. The molecule has 0 bridgehead atoms. The number of nitrogens with zero attached hydrogens (tertiary/aromatic N) is 3. The highest BCUT2D eigenvalue weighted by molar-refractivity contribution is 5.98. The highest BCUT2D eigenvalue weighted by Crippen LogP contribution is 2.12. The van der Waals surface area contributed by atoms with Crippen LogP contribution in [0.25, 0.3) is 0 Å². The first kappa shape index (κ1) is 14.4. The SMILES string of the molecule is CC(C#N)CN(C)C(=O)Nc1cccnc1C(=O)O. The maximum absolute atomic E-state index is 11.8. The molecule has 0 spiro atoms. The van der Waals surface area contributed by atoms with Gasteiger partial charge in [0.05, 0.1) is 17.7 Å². The molecule has 1 aromatic heterocycles. The minimum absolute atomic E-state index is 0.122. The zero-order valence-electron chi connectivity index (χ0n) is 10.6. The number of carboxylic acid groups (broad SMARTS) is 1.